The van der Waals surface area contributed by atoms with E-state index in [2.05, 4.69) is 305 Å². The third-order valence-electron chi connectivity index (χ3n) is 16.1. The van der Waals surface area contributed by atoms with E-state index in [1.165, 1.54) is 65.9 Å². The molecule has 0 saturated carbocycles. The molecule has 0 amide bonds. The minimum absolute atomic E-state index is 0.0284. The van der Waals surface area contributed by atoms with Crippen molar-refractivity contribution in [2.45, 2.75) is 105 Å². The first-order valence-corrected chi connectivity index (χ1v) is 30.5. The van der Waals surface area contributed by atoms with Crippen LogP contribution in [0.25, 0.3) is 111 Å². The van der Waals surface area contributed by atoms with E-state index in [4.69, 9.17) is 9.97 Å². The van der Waals surface area contributed by atoms with Gasteiger partial charge in [-0.25, -0.2) is 0 Å². The number of halogens is 1. The van der Waals surface area contributed by atoms with Crippen molar-refractivity contribution in [1.29, 1.82) is 0 Å². The van der Waals surface area contributed by atoms with Gasteiger partial charge >= 0.3 is 28.2 Å². The second-order valence-electron chi connectivity index (χ2n) is 25.6. The Kier molecular flexibility index (Phi) is 13.1. The van der Waals surface area contributed by atoms with E-state index in [1.54, 1.807) is 18.8 Å². The molecule has 0 aliphatic carbocycles. The van der Waals surface area contributed by atoms with Gasteiger partial charge in [-0.05, 0) is 165 Å². The molecular formula is C72H67ClN6Pt. The number of rotatable bonds is 6. The molecule has 0 radical (unpaired) electrons. The zero-order chi connectivity index (χ0) is 56.2. The van der Waals surface area contributed by atoms with Gasteiger partial charge in [-0.15, -0.1) is 24.3 Å². The van der Waals surface area contributed by atoms with Crippen LogP contribution in [0.4, 0.5) is 0 Å². The van der Waals surface area contributed by atoms with E-state index < -0.39 is 0 Å². The van der Waals surface area contributed by atoms with Gasteiger partial charge in [0.1, 0.15) is 0 Å². The molecule has 80 heavy (non-hydrogen) atoms. The summed E-state index contributed by atoms with van der Waals surface area (Å²) >= 11 is 1.61. The summed E-state index contributed by atoms with van der Waals surface area (Å²) in [6, 6.07) is 73.0. The maximum atomic E-state index is 5.33. The molecule has 0 saturated heterocycles. The Bertz CT molecular complexity index is 4090. The van der Waals surface area contributed by atoms with E-state index >= 15 is 0 Å². The van der Waals surface area contributed by atoms with E-state index in [0.717, 1.165) is 67.6 Å². The van der Waals surface area contributed by atoms with Gasteiger partial charge in [-0.3, -0.25) is 9.97 Å². The van der Waals surface area contributed by atoms with Gasteiger partial charge in [0.05, 0.1) is 55.8 Å². The molecule has 8 heteroatoms. The summed E-state index contributed by atoms with van der Waals surface area (Å²) in [6.07, 6.45) is 0. The molecule has 0 atom stereocenters. The first-order chi connectivity index (χ1) is 38.2. The van der Waals surface area contributed by atoms with Crippen molar-refractivity contribution in [2.24, 2.45) is 0 Å². The number of benzene rings is 9. The van der Waals surface area contributed by atoms with E-state index in [0.29, 0.717) is 0 Å². The van der Waals surface area contributed by atoms with E-state index in [-0.39, 0.29) is 21.7 Å². The molecule has 0 unspecified atom stereocenters. The van der Waals surface area contributed by atoms with Crippen LogP contribution in [0.2, 0.25) is 0 Å². The fourth-order valence-electron chi connectivity index (χ4n) is 11.6. The van der Waals surface area contributed by atoms with Crippen LogP contribution in [0.5, 0.6) is 0 Å². The van der Waals surface area contributed by atoms with Gasteiger partial charge in [0.25, 0.3) is 0 Å². The molecule has 4 heterocycles. The summed E-state index contributed by atoms with van der Waals surface area (Å²) in [7, 11) is 4.61. The molecule has 0 aliphatic rings. The van der Waals surface area contributed by atoms with Crippen LogP contribution < -0.4 is 0 Å². The fraction of sp³-hybridized carbons (Fsp3) is 0.222. The summed E-state index contributed by atoms with van der Waals surface area (Å²) < 4.78 is 9.39. The normalized spacial score (nSPS) is 12.6. The van der Waals surface area contributed by atoms with Gasteiger partial charge in [0.15, 0.2) is 0 Å². The summed E-state index contributed by atoms with van der Waals surface area (Å²) in [5, 5.41) is 5.11. The molecule has 402 valence electrons. The van der Waals surface area contributed by atoms with Crippen LogP contribution in [0, 0.1) is 6.07 Å². The molecule has 13 aromatic rings. The Balaban J connectivity index is 0.00000315. The quantitative estimate of drug-likeness (QED) is 0.156. The Hall–Kier alpha value is -7.50. The van der Waals surface area contributed by atoms with Gasteiger partial charge in [0, 0.05) is 44.3 Å². The second-order valence-corrected chi connectivity index (χ2v) is 25.6. The molecule has 0 fully saturated rings. The summed E-state index contributed by atoms with van der Waals surface area (Å²) in [4.78, 5) is 10.7. The first-order valence-electron chi connectivity index (χ1n) is 27.7. The number of imidazole rings is 2. The van der Waals surface area contributed by atoms with Gasteiger partial charge in [0.2, 0.25) is 0 Å². The number of nitrogens with zero attached hydrogens (tertiary/aromatic N) is 6. The second kappa shape index (κ2) is 19.6. The molecular weight excluding hydrogens is 1180 g/mol. The maximum absolute atomic E-state index is 5.33. The molecule has 4 aromatic heterocycles. The Labute approximate surface area is 485 Å². The SMILES string of the molecule is CC(C)(C)c1ccc2c(c1)c1cc(C(C)(C)C)ccc1n2-c1ccc(-n2c(-c3[c-]c(-c4nc5ccccc5n4-c4ccc(-n5c6ccc(C(C)(C)C)cc6c6cc(C(C)(C)C)ccc65)cc4)ccc3)nc3ccccc32)cc1.[Cl][Pt+]. The molecule has 13 rings (SSSR count). The predicted octanol–water partition coefficient (Wildman–Crippen LogP) is 19.6. The Morgan fingerprint density at radius 1 is 0.312 bits per heavy atom. The predicted molar refractivity (Wildman–Crippen MR) is 335 cm³/mol. The van der Waals surface area contributed by atoms with Crippen LogP contribution in [0.15, 0.2) is 188 Å². The third kappa shape index (κ3) is 9.19. The summed E-state index contributed by atoms with van der Waals surface area (Å²) in [5.41, 5.74) is 20.1. The van der Waals surface area contributed by atoms with Crippen molar-refractivity contribution in [2.75, 3.05) is 0 Å². The minimum atomic E-state index is 0.0284. The van der Waals surface area contributed by atoms with Crippen LogP contribution in [0.1, 0.15) is 105 Å². The van der Waals surface area contributed by atoms with E-state index in [1.807, 2.05) is 0 Å². The van der Waals surface area contributed by atoms with Crippen molar-refractivity contribution < 1.29 is 18.8 Å². The van der Waals surface area contributed by atoms with Gasteiger partial charge in [-0.1, -0.05) is 143 Å². The standard InChI is InChI=1S/C72H67N6.ClH.Pt/c1-69(2,3)47-24-36-61-55(41-47)56-42-48(70(4,5)6)25-37-62(56)75(61)51-28-32-53(33-29-51)77-65-22-15-13-20-59(65)73-67(77)45-18-17-19-46(40-45)68-74-60-21-14-16-23-66(60)78(68)54-34-30-52(31-35-54)76-63-38-26-49(71(7,8)9)43-57(63)58-44-50(72(10,11)12)27-39-64(58)76;;/h13-39,41-44H,1-12H3;1H;/q-1;;+2/p-1. The first kappa shape index (κ1) is 53.2. The summed E-state index contributed by atoms with van der Waals surface area (Å²) in [5.74, 6) is 1.63. The molecule has 0 N–H and O–H groups in total. The number of para-hydroxylation sites is 4. The molecule has 0 spiro atoms. The fourth-order valence-corrected chi connectivity index (χ4v) is 11.6. The van der Waals surface area contributed by atoms with Crippen molar-refractivity contribution in [3.8, 4) is 45.5 Å². The van der Waals surface area contributed by atoms with Crippen molar-refractivity contribution in [1.82, 2.24) is 28.2 Å². The Morgan fingerprint density at radius 3 is 0.875 bits per heavy atom. The van der Waals surface area contributed by atoms with Crippen LogP contribution >= 0.6 is 9.42 Å². The third-order valence-corrected chi connectivity index (χ3v) is 16.1. The zero-order valence-corrected chi connectivity index (χ0v) is 50.8. The molecule has 6 nitrogen and oxygen atoms in total. The molecule has 0 aliphatic heterocycles. The van der Waals surface area contributed by atoms with Gasteiger partial charge < -0.3 is 18.3 Å². The number of hydrogen-bond acceptors (Lipinski definition) is 2. The van der Waals surface area contributed by atoms with Crippen molar-refractivity contribution >= 4 is 75.1 Å². The van der Waals surface area contributed by atoms with Crippen LogP contribution in [-0.4, -0.2) is 28.2 Å². The van der Waals surface area contributed by atoms with Crippen molar-refractivity contribution in [3.63, 3.8) is 0 Å². The van der Waals surface area contributed by atoms with Crippen LogP contribution in [-0.2, 0) is 40.4 Å². The number of aromatic nitrogens is 6. The van der Waals surface area contributed by atoms with E-state index in [9.17, 15) is 0 Å². The van der Waals surface area contributed by atoms with Crippen molar-refractivity contribution in [3.05, 3.63) is 216 Å². The molecule has 0 bridgehead atoms. The topological polar surface area (TPSA) is 45.5 Å². The Morgan fingerprint density at radius 2 is 0.588 bits per heavy atom. The average Bonchev–Trinajstić information content (AvgIpc) is 3.95. The average molecular weight is 1250 g/mol. The van der Waals surface area contributed by atoms with Gasteiger partial charge in [-0.2, -0.15) is 0 Å². The number of hydrogen-bond donors (Lipinski definition) is 0. The van der Waals surface area contributed by atoms with Crippen LogP contribution in [0.3, 0.4) is 0 Å². The monoisotopic (exact) mass is 1250 g/mol. The number of fused-ring (bicyclic) bond motifs is 8. The molecule has 9 aromatic carbocycles. The summed E-state index contributed by atoms with van der Waals surface area (Å²) in [6.45, 7) is 27.5. The zero-order valence-electron chi connectivity index (χ0n) is 47.8.